The third-order valence-corrected chi connectivity index (χ3v) is 4.53. The molecule has 1 heterocycles. The molecule has 0 saturated heterocycles. The minimum absolute atomic E-state index is 0.213. The lowest BCUT2D eigenvalue weighted by Crippen LogP contribution is -2.19. The molecule has 0 unspecified atom stereocenters. The van der Waals surface area contributed by atoms with E-state index in [1.807, 2.05) is 6.07 Å². The van der Waals surface area contributed by atoms with Crippen LogP contribution >= 0.6 is 23.2 Å². The Kier molecular flexibility index (Phi) is 6.13. The number of rotatable bonds is 5. The zero-order chi connectivity index (χ0) is 20.1. The van der Waals surface area contributed by atoms with Gasteiger partial charge in [0.2, 0.25) is 0 Å². The molecular weight excluding hydrogens is 401 g/mol. The summed E-state index contributed by atoms with van der Waals surface area (Å²) in [5, 5.41) is 7.50. The maximum absolute atomic E-state index is 12.2. The highest BCUT2D eigenvalue weighted by atomic mass is 35.5. The van der Waals surface area contributed by atoms with Crippen molar-refractivity contribution >= 4 is 46.4 Å². The number of anilines is 1. The van der Waals surface area contributed by atoms with Gasteiger partial charge in [0.15, 0.2) is 5.76 Å². The lowest BCUT2D eigenvalue weighted by Gasteiger charge is -2.07. The second-order valence-electron chi connectivity index (χ2n) is 5.78. The van der Waals surface area contributed by atoms with E-state index in [9.17, 15) is 9.59 Å². The number of hydrogen-bond acceptors (Lipinski definition) is 4. The standard InChI is InChI=1S/C20H15Cl2N3O3/c1-12(24-25-19(26)14-7-8-16(21)17(22)11-14)13-4-2-5-15(10-13)23-20(27)18-6-3-9-28-18/h2-11H,1H3,(H,23,27)(H,25,26). The average Bonchev–Trinajstić information content (AvgIpc) is 3.23. The van der Waals surface area contributed by atoms with Crippen molar-refractivity contribution in [1.29, 1.82) is 0 Å². The lowest BCUT2D eigenvalue weighted by atomic mass is 10.1. The number of carbonyl (C=O) groups is 2. The number of nitrogens with one attached hydrogen (secondary N) is 2. The summed E-state index contributed by atoms with van der Waals surface area (Å²) in [7, 11) is 0. The van der Waals surface area contributed by atoms with Crippen LogP contribution in [0.3, 0.4) is 0 Å². The summed E-state index contributed by atoms with van der Waals surface area (Å²) in [6.45, 7) is 1.74. The Morgan fingerprint density at radius 3 is 2.46 bits per heavy atom. The van der Waals surface area contributed by atoms with Crippen LogP contribution in [0.1, 0.15) is 33.4 Å². The summed E-state index contributed by atoms with van der Waals surface area (Å²) in [6.07, 6.45) is 1.43. The molecule has 0 fully saturated rings. The number of amides is 2. The van der Waals surface area contributed by atoms with Gasteiger partial charge in [-0.15, -0.1) is 0 Å². The van der Waals surface area contributed by atoms with Crippen molar-refractivity contribution in [3.05, 3.63) is 87.8 Å². The molecule has 2 N–H and O–H groups in total. The Morgan fingerprint density at radius 1 is 0.929 bits per heavy atom. The zero-order valence-electron chi connectivity index (χ0n) is 14.7. The fourth-order valence-corrected chi connectivity index (χ4v) is 2.62. The number of hydrogen-bond donors (Lipinski definition) is 2. The van der Waals surface area contributed by atoms with Crippen molar-refractivity contribution in [3.8, 4) is 0 Å². The molecule has 0 aliphatic rings. The van der Waals surface area contributed by atoms with Gasteiger partial charge in [-0.25, -0.2) is 5.43 Å². The van der Waals surface area contributed by atoms with Crippen LogP contribution in [0.2, 0.25) is 10.0 Å². The van der Waals surface area contributed by atoms with Crippen LogP contribution in [-0.4, -0.2) is 17.5 Å². The smallest absolute Gasteiger partial charge is 0.291 e. The fourth-order valence-electron chi connectivity index (χ4n) is 2.32. The lowest BCUT2D eigenvalue weighted by molar-refractivity contribution is 0.0953. The molecule has 0 radical (unpaired) electrons. The van der Waals surface area contributed by atoms with Gasteiger partial charge >= 0.3 is 0 Å². The average molecular weight is 416 g/mol. The molecule has 1 aromatic heterocycles. The van der Waals surface area contributed by atoms with Gasteiger partial charge in [-0.2, -0.15) is 5.10 Å². The quantitative estimate of drug-likeness (QED) is 0.454. The number of halogens is 2. The first-order chi connectivity index (χ1) is 13.4. The van der Waals surface area contributed by atoms with E-state index < -0.39 is 5.91 Å². The summed E-state index contributed by atoms with van der Waals surface area (Å²) >= 11 is 11.8. The molecule has 8 heteroatoms. The molecule has 6 nitrogen and oxygen atoms in total. The summed E-state index contributed by atoms with van der Waals surface area (Å²) in [4.78, 5) is 24.3. The van der Waals surface area contributed by atoms with Crippen molar-refractivity contribution in [2.24, 2.45) is 5.10 Å². The van der Waals surface area contributed by atoms with E-state index in [0.717, 1.165) is 5.56 Å². The molecule has 28 heavy (non-hydrogen) atoms. The molecule has 0 saturated carbocycles. The number of carbonyl (C=O) groups excluding carboxylic acids is 2. The summed E-state index contributed by atoms with van der Waals surface area (Å²) in [5.41, 5.74) is 4.67. The molecule has 0 atom stereocenters. The maximum atomic E-state index is 12.2. The first kappa shape index (κ1) is 19.7. The van der Waals surface area contributed by atoms with Crippen LogP contribution in [0.15, 0.2) is 70.4 Å². The molecule has 2 aromatic carbocycles. The Morgan fingerprint density at radius 2 is 1.75 bits per heavy atom. The maximum Gasteiger partial charge on any atom is 0.291 e. The van der Waals surface area contributed by atoms with E-state index in [1.54, 1.807) is 49.4 Å². The largest absolute Gasteiger partial charge is 0.459 e. The monoisotopic (exact) mass is 415 g/mol. The predicted octanol–water partition coefficient (Wildman–Crippen LogP) is 4.99. The van der Waals surface area contributed by atoms with Crippen LogP contribution < -0.4 is 10.7 Å². The van der Waals surface area contributed by atoms with Crippen molar-refractivity contribution in [2.75, 3.05) is 5.32 Å². The van der Waals surface area contributed by atoms with Crippen LogP contribution in [0, 0.1) is 0 Å². The zero-order valence-corrected chi connectivity index (χ0v) is 16.2. The van der Waals surface area contributed by atoms with Gasteiger partial charge in [0, 0.05) is 11.3 Å². The predicted molar refractivity (Wildman–Crippen MR) is 109 cm³/mol. The summed E-state index contributed by atoms with van der Waals surface area (Å²) in [5.74, 6) is -0.561. The van der Waals surface area contributed by atoms with E-state index in [1.165, 1.54) is 12.3 Å². The molecule has 0 bridgehead atoms. The summed E-state index contributed by atoms with van der Waals surface area (Å²) < 4.78 is 5.07. The molecule has 0 aliphatic carbocycles. The van der Waals surface area contributed by atoms with Crippen molar-refractivity contribution in [2.45, 2.75) is 6.92 Å². The van der Waals surface area contributed by atoms with Crippen LogP contribution in [0.5, 0.6) is 0 Å². The van der Waals surface area contributed by atoms with Gasteiger partial charge in [0.25, 0.3) is 11.8 Å². The van der Waals surface area contributed by atoms with E-state index >= 15 is 0 Å². The first-order valence-corrected chi connectivity index (χ1v) is 8.94. The van der Waals surface area contributed by atoms with Gasteiger partial charge in [0.1, 0.15) is 0 Å². The van der Waals surface area contributed by atoms with Gasteiger partial charge < -0.3 is 9.73 Å². The first-order valence-electron chi connectivity index (χ1n) is 8.19. The van der Waals surface area contributed by atoms with E-state index in [2.05, 4.69) is 15.8 Å². The van der Waals surface area contributed by atoms with E-state index in [-0.39, 0.29) is 16.7 Å². The highest BCUT2D eigenvalue weighted by Crippen LogP contribution is 2.22. The minimum atomic E-state index is -0.416. The minimum Gasteiger partial charge on any atom is -0.459 e. The van der Waals surface area contributed by atoms with E-state index in [0.29, 0.717) is 22.0 Å². The molecule has 0 spiro atoms. The number of nitrogens with zero attached hydrogens (tertiary/aromatic N) is 1. The van der Waals surface area contributed by atoms with Crippen molar-refractivity contribution < 1.29 is 14.0 Å². The van der Waals surface area contributed by atoms with Gasteiger partial charge in [-0.3, -0.25) is 9.59 Å². The van der Waals surface area contributed by atoms with E-state index in [4.69, 9.17) is 27.6 Å². The topological polar surface area (TPSA) is 83.7 Å². The van der Waals surface area contributed by atoms with Crippen LogP contribution in [-0.2, 0) is 0 Å². The van der Waals surface area contributed by atoms with Gasteiger partial charge in [-0.05, 0) is 55.0 Å². The second-order valence-corrected chi connectivity index (χ2v) is 6.59. The molecule has 2 amide bonds. The number of furan rings is 1. The highest BCUT2D eigenvalue weighted by Gasteiger charge is 2.10. The molecule has 0 aliphatic heterocycles. The molecule has 3 rings (SSSR count). The summed E-state index contributed by atoms with van der Waals surface area (Å²) in [6, 6.07) is 14.8. The van der Waals surface area contributed by atoms with Crippen molar-refractivity contribution in [1.82, 2.24) is 5.43 Å². The van der Waals surface area contributed by atoms with Gasteiger partial charge in [0.05, 0.1) is 22.0 Å². The third kappa shape index (κ3) is 4.79. The third-order valence-electron chi connectivity index (χ3n) is 3.79. The normalized spacial score (nSPS) is 11.2. The van der Waals surface area contributed by atoms with Crippen molar-refractivity contribution in [3.63, 3.8) is 0 Å². The fraction of sp³-hybridized carbons (Fsp3) is 0.0500. The molecule has 3 aromatic rings. The number of hydrazone groups is 1. The Hall–Kier alpha value is -3.09. The van der Waals surface area contributed by atoms with Crippen LogP contribution in [0.4, 0.5) is 5.69 Å². The Balaban J connectivity index is 1.69. The Labute approximate surface area is 171 Å². The molecule has 142 valence electrons. The Bertz CT molecular complexity index is 1050. The van der Waals surface area contributed by atoms with Crippen LogP contribution in [0.25, 0.3) is 0 Å². The highest BCUT2D eigenvalue weighted by molar-refractivity contribution is 6.42. The number of benzene rings is 2. The second kappa shape index (κ2) is 8.73. The SMILES string of the molecule is CC(=NNC(=O)c1ccc(Cl)c(Cl)c1)c1cccc(NC(=O)c2ccco2)c1. The van der Waals surface area contributed by atoms with Gasteiger partial charge in [-0.1, -0.05) is 35.3 Å². The molecular formula is C20H15Cl2N3O3.